The van der Waals surface area contributed by atoms with Crippen LogP contribution >= 0.6 is 0 Å². The molecule has 1 unspecified atom stereocenters. The van der Waals surface area contributed by atoms with Crippen LogP contribution in [0.3, 0.4) is 0 Å². The lowest BCUT2D eigenvalue weighted by molar-refractivity contribution is -0.434. The fourth-order valence-corrected chi connectivity index (χ4v) is 3.48. The molecule has 2 aromatic carbocycles. The van der Waals surface area contributed by atoms with E-state index in [9.17, 15) is 0 Å². The maximum absolute atomic E-state index is 2.46. The van der Waals surface area contributed by atoms with Gasteiger partial charge in [0, 0.05) is 18.6 Å². The highest BCUT2D eigenvalue weighted by molar-refractivity contribution is 5.94. The molecule has 0 saturated carbocycles. The summed E-state index contributed by atoms with van der Waals surface area (Å²) >= 11 is 0. The van der Waals surface area contributed by atoms with Gasteiger partial charge in [0.15, 0.2) is 5.71 Å². The number of hydrogen-bond acceptors (Lipinski definition) is 0. The third kappa shape index (κ3) is 1.89. The predicted octanol–water partition coefficient (Wildman–Crippen LogP) is 4.33. The van der Waals surface area contributed by atoms with Crippen LogP contribution in [0.4, 0.5) is 5.69 Å². The van der Waals surface area contributed by atoms with Crippen LogP contribution in [-0.2, 0) is 11.8 Å². The van der Waals surface area contributed by atoms with Gasteiger partial charge in [-0.2, -0.15) is 4.58 Å². The van der Waals surface area contributed by atoms with E-state index in [0.717, 1.165) is 13.0 Å². The van der Waals surface area contributed by atoms with Crippen LogP contribution in [0.2, 0.25) is 0 Å². The SMILES string of the molecule is CC[N+]1=C(C)C(C)(Cc2ccccc2)c2ccccc21. The van der Waals surface area contributed by atoms with Gasteiger partial charge in [0.05, 0.1) is 5.41 Å². The number of rotatable bonds is 3. The lowest BCUT2D eigenvalue weighted by atomic mass is 9.75. The largest absolute Gasteiger partial charge is 0.209 e. The van der Waals surface area contributed by atoms with Gasteiger partial charge >= 0.3 is 0 Å². The molecule has 1 atom stereocenters. The van der Waals surface area contributed by atoms with Crippen molar-refractivity contribution in [2.24, 2.45) is 0 Å². The maximum atomic E-state index is 2.46. The van der Waals surface area contributed by atoms with Gasteiger partial charge in [-0.3, -0.25) is 0 Å². The molecule has 0 fully saturated rings. The zero-order chi connectivity index (χ0) is 14.2. The van der Waals surface area contributed by atoms with Gasteiger partial charge in [0.25, 0.3) is 0 Å². The van der Waals surface area contributed by atoms with Crippen LogP contribution < -0.4 is 0 Å². The van der Waals surface area contributed by atoms with E-state index in [4.69, 9.17) is 0 Å². The molecule has 0 aliphatic carbocycles. The van der Waals surface area contributed by atoms with Crippen LogP contribution in [0.25, 0.3) is 0 Å². The summed E-state index contributed by atoms with van der Waals surface area (Å²) < 4.78 is 2.46. The number of hydrogen-bond donors (Lipinski definition) is 0. The first kappa shape index (κ1) is 13.1. The molecule has 0 bridgehead atoms. The highest BCUT2D eigenvalue weighted by atomic mass is 15.0. The number of nitrogens with zero attached hydrogens (tertiary/aromatic N) is 1. The number of fused-ring (bicyclic) bond motifs is 1. The van der Waals surface area contributed by atoms with E-state index < -0.39 is 0 Å². The van der Waals surface area contributed by atoms with Crippen molar-refractivity contribution in [2.45, 2.75) is 32.6 Å². The molecule has 1 heteroatoms. The smallest absolute Gasteiger partial charge is 0.199 e. The quantitative estimate of drug-likeness (QED) is 0.726. The average molecular weight is 264 g/mol. The van der Waals surface area contributed by atoms with E-state index in [1.54, 1.807) is 0 Å². The van der Waals surface area contributed by atoms with Crippen LogP contribution in [0.15, 0.2) is 54.6 Å². The summed E-state index contributed by atoms with van der Waals surface area (Å²) in [5.74, 6) is 0. The van der Waals surface area contributed by atoms with Crippen molar-refractivity contribution in [3.8, 4) is 0 Å². The van der Waals surface area contributed by atoms with Crippen molar-refractivity contribution in [3.05, 3.63) is 65.7 Å². The molecule has 102 valence electrons. The van der Waals surface area contributed by atoms with Crippen LogP contribution in [0.1, 0.15) is 31.9 Å². The predicted molar refractivity (Wildman–Crippen MR) is 85.1 cm³/mol. The first-order chi connectivity index (χ1) is 9.66. The Morgan fingerprint density at radius 1 is 0.950 bits per heavy atom. The molecule has 1 aliphatic heterocycles. The fourth-order valence-electron chi connectivity index (χ4n) is 3.48. The van der Waals surface area contributed by atoms with E-state index in [2.05, 4.69) is 79.9 Å². The van der Waals surface area contributed by atoms with Crippen molar-refractivity contribution in [1.29, 1.82) is 0 Å². The minimum Gasteiger partial charge on any atom is -0.199 e. The number of para-hydroxylation sites is 1. The molecule has 0 spiro atoms. The summed E-state index contributed by atoms with van der Waals surface area (Å²) in [5.41, 5.74) is 5.81. The van der Waals surface area contributed by atoms with Gasteiger partial charge in [0.1, 0.15) is 6.54 Å². The Bertz CT molecular complexity index is 654. The molecule has 0 amide bonds. The Kier molecular flexibility index (Phi) is 3.21. The van der Waals surface area contributed by atoms with E-state index in [0.29, 0.717) is 0 Å². The molecule has 20 heavy (non-hydrogen) atoms. The van der Waals surface area contributed by atoms with Crippen LogP contribution in [0.5, 0.6) is 0 Å². The third-order valence-corrected chi connectivity index (χ3v) is 4.71. The Labute approximate surface area is 121 Å². The van der Waals surface area contributed by atoms with Crippen LogP contribution in [-0.4, -0.2) is 16.8 Å². The van der Waals surface area contributed by atoms with Gasteiger partial charge in [-0.1, -0.05) is 48.5 Å². The second kappa shape index (κ2) is 4.90. The Morgan fingerprint density at radius 3 is 2.30 bits per heavy atom. The highest BCUT2D eigenvalue weighted by Crippen LogP contribution is 2.41. The van der Waals surface area contributed by atoms with Crippen molar-refractivity contribution in [1.82, 2.24) is 0 Å². The molecule has 0 saturated heterocycles. The summed E-state index contributed by atoms with van der Waals surface area (Å²) in [6.45, 7) is 7.93. The standard InChI is InChI=1S/C19H22N/c1-4-20-15(2)19(3,14-16-10-6-5-7-11-16)17-12-8-9-13-18(17)20/h5-13H,4,14H2,1-3H3/q+1. The second-order valence-corrected chi connectivity index (χ2v) is 5.84. The maximum Gasteiger partial charge on any atom is 0.209 e. The van der Waals surface area contributed by atoms with E-state index in [1.165, 1.54) is 22.5 Å². The molecule has 1 heterocycles. The summed E-state index contributed by atoms with van der Waals surface area (Å²) in [6, 6.07) is 19.7. The summed E-state index contributed by atoms with van der Waals surface area (Å²) in [6.07, 6.45) is 1.06. The van der Waals surface area contributed by atoms with Crippen molar-refractivity contribution < 1.29 is 4.58 Å². The molecule has 0 radical (unpaired) electrons. The lowest BCUT2D eigenvalue weighted by Crippen LogP contribution is -2.32. The zero-order valence-corrected chi connectivity index (χ0v) is 12.6. The van der Waals surface area contributed by atoms with Gasteiger partial charge < -0.3 is 0 Å². The van der Waals surface area contributed by atoms with E-state index in [-0.39, 0.29) is 5.41 Å². The van der Waals surface area contributed by atoms with E-state index >= 15 is 0 Å². The molecular weight excluding hydrogens is 242 g/mol. The molecule has 0 aromatic heterocycles. The van der Waals surface area contributed by atoms with E-state index in [1.807, 2.05) is 0 Å². The molecule has 1 nitrogen and oxygen atoms in total. The average Bonchev–Trinajstić information content (AvgIpc) is 2.69. The first-order valence-electron chi connectivity index (χ1n) is 7.42. The minimum absolute atomic E-state index is 0.105. The normalized spacial score (nSPS) is 21.1. The van der Waals surface area contributed by atoms with Crippen LogP contribution in [0, 0.1) is 0 Å². The third-order valence-electron chi connectivity index (χ3n) is 4.71. The molecule has 1 aliphatic rings. The molecule has 0 N–H and O–H groups in total. The number of benzene rings is 2. The molecule has 3 rings (SSSR count). The lowest BCUT2D eigenvalue weighted by Gasteiger charge is -2.22. The Hall–Kier alpha value is -1.89. The zero-order valence-electron chi connectivity index (χ0n) is 12.6. The van der Waals surface area contributed by atoms with Gasteiger partial charge in [-0.05, 0) is 25.8 Å². The summed E-state index contributed by atoms with van der Waals surface area (Å²) in [4.78, 5) is 0. The van der Waals surface area contributed by atoms with Gasteiger partial charge in [0.2, 0.25) is 5.69 Å². The highest BCUT2D eigenvalue weighted by Gasteiger charge is 2.45. The first-order valence-corrected chi connectivity index (χ1v) is 7.42. The fraction of sp³-hybridized carbons (Fsp3) is 0.316. The van der Waals surface area contributed by atoms with Gasteiger partial charge in [-0.15, -0.1) is 0 Å². The Balaban J connectivity index is 2.10. The molecule has 2 aromatic rings. The summed E-state index contributed by atoms with van der Waals surface area (Å²) in [5, 5.41) is 0. The second-order valence-electron chi connectivity index (χ2n) is 5.84. The topological polar surface area (TPSA) is 3.01 Å². The summed E-state index contributed by atoms with van der Waals surface area (Å²) in [7, 11) is 0. The van der Waals surface area contributed by atoms with Gasteiger partial charge in [-0.25, -0.2) is 0 Å². The van der Waals surface area contributed by atoms with Crippen molar-refractivity contribution >= 4 is 11.4 Å². The monoisotopic (exact) mass is 264 g/mol. The van der Waals surface area contributed by atoms with Crippen molar-refractivity contribution in [2.75, 3.05) is 6.54 Å². The minimum atomic E-state index is 0.105. The van der Waals surface area contributed by atoms with Crippen molar-refractivity contribution in [3.63, 3.8) is 0 Å². The molecular formula is C19H22N+. The Morgan fingerprint density at radius 2 is 1.60 bits per heavy atom.